The molecule has 0 saturated carbocycles. The molecule has 0 N–H and O–H groups in total. The van der Waals surface area contributed by atoms with Gasteiger partial charge in [-0.3, -0.25) is 0 Å². The van der Waals surface area contributed by atoms with Crippen LogP contribution in [0.15, 0.2) is 12.8 Å². The first kappa shape index (κ1) is 9.54. The quantitative estimate of drug-likeness (QED) is 0.581. The van der Waals surface area contributed by atoms with Gasteiger partial charge in [-0.15, -0.1) is 0 Å². The molecule has 60 valence electrons. The van der Waals surface area contributed by atoms with Crippen molar-refractivity contribution >= 4 is 0 Å². The Morgan fingerprint density at radius 1 is 1.50 bits per heavy atom. The molecule has 0 aromatic heterocycles. The van der Waals surface area contributed by atoms with Gasteiger partial charge in [-0.1, -0.05) is 27.4 Å². The maximum Gasteiger partial charge on any atom is 0.0220 e. The summed E-state index contributed by atoms with van der Waals surface area (Å²) in [4.78, 5) is 2.13. The minimum atomic E-state index is 0.420. The zero-order chi connectivity index (χ0) is 8.20. The lowest BCUT2D eigenvalue weighted by molar-refractivity contribution is 0.252. The van der Waals surface area contributed by atoms with Crippen LogP contribution in [-0.2, 0) is 0 Å². The van der Waals surface area contributed by atoms with Crippen LogP contribution in [0.5, 0.6) is 0 Å². The predicted octanol–water partition coefficient (Wildman–Crippen LogP) is 2.50. The van der Waals surface area contributed by atoms with Crippen LogP contribution in [0.2, 0.25) is 0 Å². The van der Waals surface area contributed by atoms with Crippen molar-refractivity contribution in [2.45, 2.75) is 27.2 Å². The van der Waals surface area contributed by atoms with Crippen molar-refractivity contribution in [1.82, 2.24) is 4.90 Å². The van der Waals surface area contributed by atoms with Crippen LogP contribution in [0.1, 0.15) is 27.2 Å². The molecule has 1 heteroatoms. The van der Waals surface area contributed by atoms with E-state index in [-0.39, 0.29) is 0 Å². The molecule has 0 aliphatic carbocycles. The number of rotatable bonds is 4. The highest BCUT2D eigenvalue weighted by molar-refractivity contribution is 4.75. The van der Waals surface area contributed by atoms with Gasteiger partial charge in [0.15, 0.2) is 0 Å². The predicted molar refractivity (Wildman–Crippen MR) is 46.9 cm³/mol. The van der Waals surface area contributed by atoms with E-state index in [0.717, 1.165) is 6.54 Å². The maximum absolute atomic E-state index is 3.70. The van der Waals surface area contributed by atoms with Crippen LogP contribution in [0.4, 0.5) is 0 Å². The SMILES string of the molecule is C=CN(C)CC(C)(C)CC. The molecule has 0 bridgehead atoms. The van der Waals surface area contributed by atoms with Crippen molar-refractivity contribution in [3.8, 4) is 0 Å². The van der Waals surface area contributed by atoms with E-state index in [1.54, 1.807) is 0 Å². The average Bonchev–Trinajstić information content (AvgIpc) is 1.87. The Hall–Kier alpha value is -0.460. The van der Waals surface area contributed by atoms with Crippen LogP contribution >= 0.6 is 0 Å². The van der Waals surface area contributed by atoms with Gasteiger partial charge < -0.3 is 4.90 Å². The van der Waals surface area contributed by atoms with E-state index < -0.39 is 0 Å². The summed E-state index contributed by atoms with van der Waals surface area (Å²) in [7, 11) is 2.06. The molecular weight excluding hydrogens is 122 g/mol. The van der Waals surface area contributed by atoms with Gasteiger partial charge in [-0.05, 0) is 18.0 Å². The first-order valence-corrected chi connectivity index (χ1v) is 3.84. The summed E-state index contributed by atoms with van der Waals surface area (Å²) in [5, 5.41) is 0. The minimum Gasteiger partial charge on any atom is -0.380 e. The fraction of sp³-hybridized carbons (Fsp3) is 0.778. The van der Waals surface area contributed by atoms with Gasteiger partial charge in [0.05, 0.1) is 0 Å². The summed E-state index contributed by atoms with van der Waals surface area (Å²) in [6.45, 7) is 11.6. The molecule has 0 unspecified atom stereocenters. The van der Waals surface area contributed by atoms with Gasteiger partial charge >= 0.3 is 0 Å². The van der Waals surface area contributed by atoms with E-state index >= 15 is 0 Å². The lowest BCUT2D eigenvalue weighted by Gasteiger charge is -2.27. The standard InChI is InChI=1S/C9H19N/c1-6-9(3,4)8-10(5)7-2/h7H,2,6,8H2,1,3-5H3. The molecule has 0 atom stereocenters. The minimum absolute atomic E-state index is 0.420. The van der Waals surface area contributed by atoms with Crippen LogP contribution in [-0.4, -0.2) is 18.5 Å². The van der Waals surface area contributed by atoms with E-state index in [1.165, 1.54) is 6.42 Å². The van der Waals surface area contributed by atoms with Crippen molar-refractivity contribution in [2.24, 2.45) is 5.41 Å². The topological polar surface area (TPSA) is 3.24 Å². The van der Waals surface area contributed by atoms with Gasteiger partial charge in [0.25, 0.3) is 0 Å². The Bertz CT molecular complexity index is 105. The lowest BCUT2D eigenvalue weighted by Crippen LogP contribution is -2.26. The molecule has 1 nitrogen and oxygen atoms in total. The molecular formula is C9H19N. The fourth-order valence-electron chi connectivity index (χ4n) is 0.852. The Morgan fingerprint density at radius 3 is 2.30 bits per heavy atom. The van der Waals surface area contributed by atoms with E-state index in [1.807, 2.05) is 6.20 Å². The monoisotopic (exact) mass is 141 g/mol. The van der Waals surface area contributed by atoms with Crippen LogP contribution in [0.25, 0.3) is 0 Å². The summed E-state index contributed by atoms with van der Waals surface area (Å²) in [5.41, 5.74) is 0.420. The smallest absolute Gasteiger partial charge is 0.0220 e. The van der Waals surface area contributed by atoms with Crippen molar-refractivity contribution in [3.05, 3.63) is 12.8 Å². The third kappa shape index (κ3) is 3.54. The Morgan fingerprint density at radius 2 is 2.00 bits per heavy atom. The highest BCUT2D eigenvalue weighted by atomic mass is 15.1. The molecule has 0 rings (SSSR count). The second-order valence-electron chi connectivity index (χ2n) is 3.62. The Balaban J connectivity index is 3.75. The highest BCUT2D eigenvalue weighted by Crippen LogP contribution is 2.20. The molecule has 0 amide bonds. The van der Waals surface area contributed by atoms with Crippen molar-refractivity contribution < 1.29 is 0 Å². The third-order valence-corrected chi connectivity index (χ3v) is 1.95. The molecule has 0 aromatic rings. The second kappa shape index (κ2) is 3.65. The first-order chi connectivity index (χ1) is 4.52. The van der Waals surface area contributed by atoms with E-state index in [4.69, 9.17) is 0 Å². The molecule has 0 saturated heterocycles. The molecule has 0 spiro atoms. The second-order valence-corrected chi connectivity index (χ2v) is 3.62. The van der Waals surface area contributed by atoms with E-state index in [2.05, 4.69) is 39.3 Å². The maximum atomic E-state index is 3.70. The van der Waals surface area contributed by atoms with Gasteiger partial charge in [-0.25, -0.2) is 0 Å². The van der Waals surface area contributed by atoms with Gasteiger partial charge in [-0.2, -0.15) is 0 Å². The largest absolute Gasteiger partial charge is 0.380 e. The van der Waals surface area contributed by atoms with Crippen LogP contribution < -0.4 is 0 Å². The summed E-state index contributed by atoms with van der Waals surface area (Å²) >= 11 is 0. The molecule has 0 fully saturated rings. The Labute approximate surface area is 64.7 Å². The summed E-state index contributed by atoms with van der Waals surface area (Å²) in [5.74, 6) is 0. The third-order valence-electron chi connectivity index (χ3n) is 1.95. The number of hydrogen-bond acceptors (Lipinski definition) is 1. The summed E-state index contributed by atoms with van der Waals surface area (Å²) in [6, 6.07) is 0. The van der Waals surface area contributed by atoms with Crippen molar-refractivity contribution in [3.63, 3.8) is 0 Å². The normalized spacial score (nSPS) is 11.2. The molecule has 10 heavy (non-hydrogen) atoms. The number of hydrogen-bond donors (Lipinski definition) is 0. The molecule has 0 radical (unpaired) electrons. The number of nitrogens with zero attached hydrogens (tertiary/aromatic N) is 1. The van der Waals surface area contributed by atoms with E-state index in [9.17, 15) is 0 Å². The van der Waals surface area contributed by atoms with Crippen molar-refractivity contribution in [2.75, 3.05) is 13.6 Å². The lowest BCUT2D eigenvalue weighted by atomic mass is 9.90. The average molecular weight is 141 g/mol. The van der Waals surface area contributed by atoms with Crippen LogP contribution in [0.3, 0.4) is 0 Å². The van der Waals surface area contributed by atoms with Crippen molar-refractivity contribution in [1.29, 1.82) is 0 Å². The highest BCUT2D eigenvalue weighted by Gasteiger charge is 2.15. The molecule has 0 aromatic carbocycles. The molecule has 0 aliphatic heterocycles. The zero-order valence-electron chi connectivity index (χ0n) is 7.65. The van der Waals surface area contributed by atoms with Gasteiger partial charge in [0, 0.05) is 13.6 Å². The molecule has 0 heterocycles. The summed E-state index contributed by atoms with van der Waals surface area (Å²) in [6.07, 6.45) is 3.09. The van der Waals surface area contributed by atoms with Gasteiger partial charge in [0.2, 0.25) is 0 Å². The van der Waals surface area contributed by atoms with Crippen LogP contribution in [0, 0.1) is 5.41 Å². The zero-order valence-corrected chi connectivity index (χ0v) is 7.65. The first-order valence-electron chi connectivity index (χ1n) is 3.84. The molecule has 0 aliphatic rings. The van der Waals surface area contributed by atoms with Gasteiger partial charge in [0.1, 0.15) is 0 Å². The Kier molecular flexibility index (Phi) is 3.48. The summed E-state index contributed by atoms with van der Waals surface area (Å²) < 4.78 is 0. The fourth-order valence-corrected chi connectivity index (χ4v) is 0.852. The van der Waals surface area contributed by atoms with E-state index in [0.29, 0.717) is 5.41 Å².